The Morgan fingerprint density at radius 2 is 0.744 bits per heavy atom. The maximum atomic E-state index is 9.86. The van der Waals surface area contributed by atoms with Crippen molar-refractivity contribution >= 4 is 54.4 Å². The molecule has 0 aromatic rings. The molecule has 0 aliphatic rings. The molecule has 232 valence electrons. The van der Waals surface area contributed by atoms with Crippen molar-refractivity contribution in [3.8, 4) is 0 Å². The molecule has 0 aromatic carbocycles. The summed E-state index contributed by atoms with van der Waals surface area (Å²) in [4.78, 5) is 68.6. The minimum Gasteiger partial charge on any atom is -0.550 e. The first-order valence-corrected chi connectivity index (χ1v) is 10.5. The summed E-state index contributed by atoms with van der Waals surface area (Å²) < 4.78 is 0. The quantitative estimate of drug-likeness (QED) is 0.0695. The largest absolute Gasteiger partial charge is 3.00 e. The van der Waals surface area contributed by atoms with Crippen LogP contribution in [0.4, 0.5) is 0 Å². The number of hydrogen-bond donors (Lipinski definition) is 6. The normalized spacial score (nSPS) is 12.0. The number of thiol groups is 1. The fraction of sp³-hybridized carbons (Fsp3) is 0.611. The van der Waals surface area contributed by atoms with E-state index in [0.717, 1.165) is 0 Å². The summed E-state index contributed by atoms with van der Waals surface area (Å²) in [6.07, 6.45) is -1.50. The van der Waals surface area contributed by atoms with E-state index in [1.54, 1.807) is 0 Å². The molecule has 0 radical (unpaired) electrons. The molecule has 0 aromatic heterocycles. The van der Waals surface area contributed by atoms with Crippen LogP contribution in [0.3, 0.4) is 0 Å². The topological polar surface area (TPSA) is 382 Å². The van der Waals surface area contributed by atoms with Gasteiger partial charge in [0.2, 0.25) is 0 Å². The molecule has 4 atom stereocenters. The molecule has 0 bridgehead atoms. The van der Waals surface area contributed by atoms with Gasteiger partial charge in [0, 0.05) is 41.8 Å². The van der Waals surface area contributed by atoms with Crippen LogP contribution in [-0.4, -0.2) is 76.8 Å². The second-order valence-corrected chi connectivity index (χ2v) is 7.00. The number of carbonyl (C=O) groups excluding carboxylic acids is 6. The summed E-state index contributed by atoms with van der Waals surface area (Å²) in [6.45, 7) is 0. The minimum atomic E-state index is -1.44. The van der Waals surface area contributed by atoms with E-state index in [-0.39, 0.29) is 89.0 Å². The fourth-order valence-electron chi connectivity index (χ4n) is 1.25. The first kappa shape index (κ1) is 49.9. The number of hydrogen-bond acceptors (Lipinski definition) is 18. The summed E-state index contributed by atoms with van der Waals surface area (Å²) in [6, 6.07) is -4.45. The van der Waals surface area contributed by atoms with Crippen molar-refractivity contribution in [1.29, 1.82) is 0 Å². The molecule has 0 spiro atoms. The zero-order valence-electron chi connectivity index (χ0n) is 19.9. The van der Waals surface area contributed by atoms with Crippen molar-refractivity contribution in [2.24, 2.45) is 22.9 Å². The third-order valence-electron chi connectivity index (χ3n) is 3.40. The zero-order chi connectivity index (χ0) is 30.3. The first-order chi connectivity index (χ1) is 16.8. The Morgan fingerprint density at radius 1 is 0.538 bits per heavy atom. The number of nitrogens with two attached hydrogens (primary N) is 4. The first-order valence-electron chi connectivity index (χ1n) is 9.88. The van der Waals surface area contributed by atoms with Crippen molar-refractivity contribution in [2.75, 3.05) is 5.75 Å². The van der Waals surface area contributed by atoms with Gasteiger partial charge in [-0.05, 0) is 38.5 Å². The van der Waals surface area contributed by atoms with Gasteiger partial charge in [0.1, 0.15) is 6.04 Å². The minimum absolute atomic E-state index is 0. The molecule has 39 heavy (non-hydrogen) atoms. The van der Waals surface area contributed by atoms with Crippen LogP contribution in [0, 0.1) is 0 Å². The Morgan fingerprint density at radius 3 is 0.821 bits per heavy atom. The van der Waals surface area contributed by atoms with Crippen LogP contribution >= 0.6 is 12.6 Å². The second-order valence-electron chi connectivity index (χ2n) is 6.64. The van der Waals surface area contributed by atoms with Crippen molar-refractivity contribution in [2.45, 2.75) is 62.7 Å². The summed E-state index contributed by atoms with van der Waals surface area (Å²) >= 11 is 3.65. The van der Waals surface area contributed by atoms with Gasteiger partial charge in [-0.25, -0.2) is 0 Å². The van der Waals surface area contributed by atoms with E-state index >= 15 is 0 Å². The molecule has 0 aliphatic heterocycles. The van der Waals surface area contributed by atoms with Crippen LogP contribution in [0.2, 0.25) is 0 Å². The smallest absolute Gasteiger partial charge is 0.550 e. The number of aliphatic carboxylic acids is 7. The van der Waals surface area contributed by atoms with Gasteiger partial charge >= 0.3 is 50.7 Å². The number of carboxylic acid groups (broad SMARTS) is 7. The number of carbonyl (C=O) groups is 7. The summed E-state index contributed by atoms with van der Waals surface area (Å²) in [7, 11) is 0. The molecular formula is C18H28Au2N4O14S. The molecule has 0 fully saturated rings. The van der Waals surface area contributed by atoms with E-state index in [4.69, 9.17) is 28.0 Å². The SMILES string of the molecule is N[C@@H](CCC(=O)[O-])C(=O)[O-].N[C@@H](CCC(=O)[O-])C(=O)[O-].N[C@@H](CCC(=O)[O-])C(=O)[O-].N[C@@H](CS)C(=O)O.[Au+3].[Au+3]. The average molecular weight is 950 g/mol. The Kier molecular flexibility index (Phi) is 39.0. The van der Waals surface area contributed by atoms with E-state index in [1.807, 2.05) is 0 Å². The maximum absolute atomic E-state index is 9.86. The standard InChI is InChI=1S/3C5H9NO4.C3H7NO2S.2Au/c3*6-3(5(9)10)1-2-4(7)8;4-2(1-7)3(5)6;;/h3*3H,1-2,6H2,(H,7,8)(H,9,10);2,7H,1,4H2,(H,5,6);;/q;;;;2*+3/p-6/t3*3-;2-;;/m0000../s1. The van der Waals surface area contributed by atoms with Crippen LogP contribution in [0.5, 0.6) is 0 Å². The number of rotatable bonds is 14. The van der Waals surface area contributed by atoms with Gasteiger partial charge in [-0.1, -0.05) is 0 Å². The Bertz CT molecular complexity index is 682. The predicted octanol–water partition coefficient (Wildman–Crippen LogP) is -10.9. The molecule has 0 unspecified atom stereocenters. The third kappa shape index (κ3) is 43.3. The molecular weight excluding hydrogens is 922 g/mol. The fourth-order valence-corrected chi connectivity index (χ4v) is 1.41. The van der Waals surface area contributed by atoms with E-state index in [1.165, 1.54) is 0 Å². The second kappa shape index (κ2) is 30.5. The Balaban J connectivity index is -0.0000000923. The van der Waals surface area contributed by atoms with Gasteiger partial charge in [0.05, 0.1) is 17.9 Å². The number of carboxylic acids is 7. The average Bonchev–Trinajstić information content (AvgIpc) is 2.79. The van der Waals surface area contributed by atoms with E-state index < -0.39 is 66.0 Å². The predicted molar refractivity (Wildman–Crippen MR) is 111 cm³/mol. The Hall–Kier alpha value is -2.04. The van der Waals surface area contributed by atoms with Crippen LogP contribution in [0.1, 0.15) is 38.5 Å². The van der Waals surface area contributed by atoms with Crippen molar-refractivity contribution in [3.05, 3.63) is 0 Å². The Labute approximate surface area is 258 Å². The monoisotopic (exact) mass is 950 g/mol. The van der Waals surface area contributed by atoms with Crippen LogP contribution in [0.15, 0.2) is 0 Å². The van der Waals surface area contributed by atoms with E-state index in [0.29, 0.717) is 0 Å². The van der Waals surface area contributed by atoms with Gasteiger partial charge in [0.15, 0.2) is 0 Å². The van der Waals surface area contributed by atoms with Crippen LogP contribution in [0.25, 0.3) is 0 Å². The molecule has 0 saturated heterocycles. The summed E-state index contributed by atoms with van der Waals surface area (Å²) in [5.74, 6) is -9.07. The van der Waals surface area contributed by atoms with Gasteiger partial charge in [-0.2, -0.15) is 12.6 Å². The van der Waals surface area contributed by atoms with Gasteiger partial charge < -0.3 is 87.4 Å². The van der Waals surface area contributed by atoms with E-state index in [2.05, 4.69) is 12.6 Å². The molecule has 0 aliphatic carbocycles. The summed E-state index contributed by atoms with van der Waals surface area (Å²) in [5.41, 5.74) is 19.7. The van der Waals surface area contributed by atoms with Crippen molar-refractivity contribution in [3.63, 3.8) is 0 Å². The molecule has 0 saturated carbocycles. The van der Waals surface area contributed by atoms with Crippen molar-refractivity contribution in [1.82, 2.24) is 0 Å². The van der Waals surface area contributed by atoms with E-state index in [9.17, 15) is 64.2 Å². The molecule has 21 heteroatoms. The third-order valence-corrected chi connectivity index (χ3v) is 3.79. The van der Waals surface area contributed by atoms with Gasteiger partial charge in [-0.15, -0.1) is 0 Å². The molecule has 18 nitrogen and oxygen atoms in total. The van der Waals surface area contributed by atoms with Crippen LogP contribution < -0.4 is 53.6 Å². The zero-order valence-corrected chi connectivity index (χ0v) is 25.1. The van der Waals surface area contributed by atoms with Gasteiger partial charge in [-0.3, -0.25) is 4.79 Å². The molecule has 0 amide bonds. The maximum Gasteiger partial charge on any atom is 3.00 e. The molecule has 0 rings (SSSR count). The van der Waals surface area contributed by atoms with Crippen molar-refractivity contribution < 1.29 is 114 Å². The van der Waals surface area contributed by atoms with Crippen LogP contribution in [-0.2, 0) is 78.3 Å². The van der Waals surface area contributed by atoms with Gasteiger partial charge in [0.25, 0.3) is 0 Å². The molecule has 9 N–H and O–H groups in total. The summed E-state index contributed by atoms with van der Waals surface area (Å²) in [5, 5.41) is 66.8. The molecule has 0 heterocycles.